The van der Waals surface area contributed by atoms with Crippen LogP contribution in [-0.4, -0.2) is 37.5 Å². The van der Waals surface area contributed by atoms with Gasteiger partial charge in [-0.2, -0.15) is 0 Å². The van der Waals surface area contributed by atoms with Crippen LogP contribution in [0.3, 0.4) is 0 Å². The van der Waals surface area contributed by atoms with Crippen LogP contribution in [0.25, 0.3) is 0 Å². The molecule has 0 aliphatic rings. The number of hydrogen-bond acceptors (Lipinski definition) is 3. The van der Waals surface area contributed by atoms with Crippen molar-refractivity contribution in [1.29, 1.82) is 0 Å². The molecule has 0 saturated heterocycles. The predicted octanol–water partition coefficient (Wildman–Crippen LogP) is 0.773. The first-order valence-corrected chi connectivity index (χ1v) is 4.59. The molecule has 0 bridgehead atoms. The largest absolute Gasteiger partial charge is 0.396 e. The van der Waals surface area contributed by atoms with Crippen molar-refractivity contribution in [3.8, 4) is 0 Å². The lowest BCUT2D eigenvalue weighted by Gasteiger charge is -2.32. The van der Waals surface area contributed by atoms with Crippen LogP contribution in [0.1, 0.15) is 26.7 Å². The lowest BCUT2D eigenvalue weighted by atomic mass is 9.93. The Labute approximate surface area is 75.1 Å². The van der Waals surface area contributed by atoms with E-state index >= 15 is 0 Å². The Kier molecular flexibility index (Phi) is 6.34. The van der Waals surface area contributed by atoms with E-state index in [2.05, 4.69) is 19.2 Å². The molecule has 0 aromatic carbocycles. The smallest absolute Gasteiger partial charge is 0.0645 e. The van der Waals surface area contributed by atoms with Crippen molar-refractivity contribution in [2.45, 2.75) is 32.2 Å². The summed E-state index contributed by atoms with van der Waals surface area (Å²) in [4.78, 5) is 0. The minimum absolute atomic E-state index is 0.0295. The molecule has 0 rings (SSSR count). The Morgan fingerprint density at radius 3 is 2.42 bits per heavy atom. The Morgan fingerprint density at radius 1 is 1.42 bits per heavy atom. The van der Waals surface area contributed by atoms with E-state index in [1.54, 1.807) is 7.11 Å². The highest BCUT2D eigenvalue weighted by molar-refractivity contribution is 4.85. The van der Waals surface area contributed by atoms with Crippen molar-refractivity contribution < 1.29 is 9.84 Å². The van der Waals surface area contributed by atoms with Gasteiger partial charge in [-0.05, 0) is 19.4 Å². The lowest BCUT2D eigenvalue weighted by Crippen LogP contribution is -2.49. The van der Waals surface area contributed by atoms with E-state index in [4.69, 9.17) is 9.84 Å². The Bertz CT molecular complexity index is 89.7. The van der Waals surface area contributed by atoms with Crippen molar-refractivity contribution >= 4 is 0 Å². The topological polar surface area (TPSA) is 41.5 Å². The van der Waals surface area contributed by atoms with Gasteiger partial charge in [0.25, 0.3) is 0 Å². The standard InChI is InChI=1S/C9H21NO2/c1-4-9(6-7-11,8-12-3)10-5-2/h10-11H,4-8H2,1-3H3. The minimum Gasteiger partial charge on any atom is -0.396 e. The molecule has 2 N–H and O–H groups in total. The van der Waals surface area contributed by atoms with E-state index in [-0.39, 0.29) is 12.1 Å². The van der Waals surface area contributed by atoms with Crippen molar-refractivity contribution in [3.05, 3.63) is 0 Å². The van der Waals surface area contributed by atoms with Crippen LogP contribution < -0.4 is 5.32 Å². The van der Waals surface area contributed by atoms with Crippen molar-refractivity contribution in [1.82, 2.24) is 5.32 Å². The molecule has 1 unspecified atom stereocenters. The molecule has 0 aliphatic carbocycles. The first kappa shape index (κ1) is 11.9. The maximum absolute atomic E-state index is 8.89. The number of hydrogen-bond donors (Lipinski definition) is 2. The molecule has 0 heterocycles. The van der Waals surface area contributed by atoms with Crippen LogP contribution in [0, 0.1) is 0 Å². The summed E-state index contributed by atoms with van der Waals surface area (Å²) in [7, 11) is 1.69. The molecule has 0 radical (unpaired) electrons. The average molecular weight is 175 g/mol. The molecule has 0 aliphatic heterocycles. The third-order valence-corrected chi connectivity index (χ3v) is 2.24. The number of likely N-dealkylation sites (N-methyl/N-ethyl adjacent to an activating group) is 1. The van der Waals surface area contributed by atoms with Gasteiger partial charge >= 0.3 is 0 Å². The van der Waals surface area contributed by atoms with Gasteiger partial charge in [0, 0.05) is 19.3 Å². The summed E-state index contributed by atoms with van der Waals surface area (Å²) in [5, 5.41) is 12.3. The number of rotatable bonds is 7. The van der Waals surface area contributed by atoms with Crippen LogP contribution in [0.15, 0.2) is 0 Å². The quantitative estimate of drug-likeness (QED) is 0.600. The molecule has 3 nitrogen and oxygen atoms in total. The first-order chi connectivity index (χ1) is 5.74. The fourth-order valence-corrected chi connectivity index (χ4v) is 1.48. The van der Waals surface area contributed by atoms with E-state index in [1.165, 1.54) is 0 Å². The summed E-state index contributed by atoms with van der Waals surface area (Å²) < 4.78 is 5.13. The number of aliphatic hydroxyl groups excluding tert-OH is 1. The maximum Gasteiger partial charge on any atom is 0.0645 e. The van der Waals surface area contributed by atoms with Crippen LogP contribution in [0.5, 0.6) is 0 Å². The summed E-state index contributed by atoms with van der Waals surface area (Å²) in [6.07, 6.45) is 1.74. The number of nitrogens with one attached hydrogen (secondary N) is 1. The van der Waals surface area contributed by atoms with Crippen LogP contribution in [-0.2, 0) is 4.74 Å². The molecule has 0 aromatic rings. The number of ether oxygens (including phenoxy) is 1. The zero-order valence-electron chi connectivity index (χ0n) is 8.39. The molecule has 0 fully saturated rings. The van der Waals surface area contributed by atoms with Crippen LogP contribution in [0.4, 0.5) is 0 Å². The fraction of sp³-hybridized carbons (Fsp3) is 1.00. The molecule has 12 heavy (non-hydrogen) atoms. The Hall–Kier alpha value is -0.120. The zero-order valence-corrected chi connectivity index (χ0v) is 8.39. The molecule has 0 aromatic heterocycles. The van der Waals surface area contributed by atoms with E-state index in [9.17, 15) is 0 Å². The normalized spacial score (nSPS) is 16.0. The van der Waals surface area contributed by atoms with E-state index in [0.29, 0.717) is 6.61 Å². The molecule has 3 heteroatoms. The SMILES string of the molecule is CCNC(CC)(CCO)COC. The van der Waals surface area contributed by atoms with E-state index < -0.39 is 0 Å². The van der Waals surface area contributed by atoms with Crippen molar-refractivity contribution in [3.63, 3.8) is 0 Å². The second kappa shape index (κ2) is 6.40. The number of methoxy groups -OCH3 is 1. The van der Waals surface area contributed by atoms with Crippen molar-refractivity contribution in [2.75, 3.05) is 26.9 Å². The molecular formula is C9H21NO2. The fourth-order valence-electron chi connectivity index (χ4n) is 1.48. The summed E-state index contributed by atoms with van der Waals surface area (Å²) in [6, 6.07) is 0. The van der Waals surface area contributed by atoms with Gasteiger partial charge in [-0.15, -0.1) is 0 Å². The minimum atomic E-state index is -0.0295. The summed E-state index contributed by atoms with van der Waals surface area (Å²) >= 11 is 0. The predicted molar refractivity (Wildman–Crippen MR) is 50.3 cm³/mol. The Morgan fingerprint density at radius 2 is 2.08 bits per heavy atom. The molecule has 74 valence electrons. The highest BCUT2D eigenvalue weighted by Crippen LogP contribution is 2.14. The number of aliphatic hydroxyl groups is 1. The second-order valence-corrected chi connectivity index (χ2v) is 3.07. The van der Waals surface area contributed by atoms with Gasteiger partial charge in [-0.25, -0.2) is 0 Å². The summed E-state index contributed by atoms with van der Waals surface area (Å²) in [5.74, 6) is 0. The molecule has 0 amide bonds. The van der Waals surface area contributed by atoms with Gasteiger partial charge in [-0.3, -0.25) is 0 Å². The third-order valence-electron chi connectivity index (χ3n) is 2.24. The van der Waals surface area contributed by atoms with Gasteiger partial charge in [0.1, 0.15) is 0 Å². The molecule has 0 saturated carbocycles. The summed E-state index contributed by atoms with van der Waals surface area (Å²) in [5.41, 5.74) is -0.0295. The molecule has 0 spiro atoms. The van der Waals surface area contributed by atoms with Crippen molar-refractivity contribution in [2.24, 2.45) is 0 Å². The average Bonchev–Trinajstić information content (AvgIpc) is 2.06. The molecule has 1 atom stereocenters. The molecular weight excluding hydrogens is 154 g/mol. The van der Waals surface area contributed by atoms with E-state index in [1.807, 2.05) is 0 Å². The second-order valence-electron chi connectivity index (χ2n) is 3.07. The highest BCUT2D eigenvalue weighted by Gasteiger charge is 2.25. The summed E-state index contributed by atoms with van der Waals surface area (Å²) in [6.45, 7) is 5.97. The van der Waals surface area contributed by atoms with Gasteiger partial charge in [-0.1, -0.05) is 13.8 Å². The van der Waals surface area contributed by atoms with E-state index in [0.717, 1.165) is 19.4 Å². The van der Waals surface area contributed by atoms with Gasteiger partial charge in [0.2, 0.25) is 0 Å². The Balaban J connectivity index is 4.06. The van der Waals surface area contributed by atoms with Crippen LogP contribution >= 0.6 is 0 Å². The monoisotopic (exact) mass is 175 g/mol. The van der Waals surface area contributed by atoms with Gasteiger partial charge < -0.3 is 15.2 Å². The highest BCUT2D eigenvalue weighted by atomic mass is 16.5. The first-order valence-electron chi connectivity index (χ1n) is 4.59. The lowest BCUT2D eigenvalue weighted by molar-refractivity contribution is 0.0859. The van der Waals surface area contributed by atoms with Gasteiger partial charge in [0.05, 0.1) is 6.61 Å². The third kappa shape index (κ3) is 3.52. The maximum atomic E-state index is 8.89. The van der Waals surface area contributed by atoms with Gasteiger partial charge in [0.15, 0.2) is 0 Å². The van der Waals surface area contributed by atoms with Crippen LogP contribution in [0.2, 0.25) is 0 Å². The zero-order chi connectivity index (χ0) is 9.45.